The Kier molecular flexibility index (Phi) is 4.70. The summed E-state index contributed by atoms with van der Waals surface area (Å²) in [5, 5.41) is 8.95. The highest BCUT2D eigenvalue weighted by Gasteiger charge is 2.32. The van der Waals surface area contributed by atoms with E-state index < -0.39 is 5.97 Å². The number of piperidine rings is 1. The molecule has 5 heteroatoms. The predicted octanol–water partition coefficient (Wildman–Crippen LogP) is 2.87. The van der Waals surface area contributed by atoms with Crippen molar-refractivity contribution in [1.82, 2.24) is 4.90 Å². The van der Waals surface area contributed by atoms with Crippen molar-refractivity contribution in [1.29, 1.82) is 0 Å². The van der Waals surface area contributed by atoms with Crippen LogP contribution in [0.4, 0.5) is 0 Å². The Balaban J connectivity index is 2.30. The number of aryl methyl sites for hydroxylation is 1. The predicted molar refractivity (Wildman–Crippen MR) is 78.3 cm³/mol. The van der Waals surface area contributed by atoms with E-state index in [0.717, 1.165) is 25.8 Å². The average Bonchev–Trinajstić information content (AvgIpc) is 2.78. The van der Waals surface area contributed by atoms with Gasteiger partial charge in [0, 0.05) is 18.2 Å². The van der Waals surface area contributed by atoms with Crippen molar-refractivity contribution < 1.29 is 19.1 Å². The minimum atomic E-state index is -0.988. The molecule has 0 bridgehead atoms. The Morgan fingerprint density at radius 3 is 2.76 bits per heavy atom. The molecule has 1 atom stereocenters. The molecule has 1 N–H and O–H groups in total. The summed E-state index contributed by atoms with van der Waals surface area (Å²) < 4.78 is 5.29. The van der Waals surface area contributed by atoms with Crippen molar-refractivity contribution in [2.24, 2.45) is 5.92 Å². The molecule has 1 saturated heterocycles. The maximum Gasteiger partial charge on any atom is 0.311 e. The Bertz CT molecular complexity index is 532. The van der Waals surface area contributed by atoms with E-state index in [2.05, 4.69) is 13.8 Å². The van der Waals surface area contributed by atoms with Crippen LogP contribution in [0.3, 0.4) is 0 Å². The second-order valence-electron chi connectivity index (χ2n) is 6.09. The lowest BCUT2D eigenvalue weighted by Gasteiger charge is -2.38. The SMILES string of the molecule is Cc1coc(CC(=O)O)c1C(=O)N1CCCCC1C(C)C. The zero-order valence-corrected chi connectivity index (χ0v) is 12.9. The molecular weight excluding hydrogens is 270 g/mol. The summed E-state index contributed by atoms with van der Waals surface area (Å²) in [4.78, 5) is 25.7. The molecule has 1 aliphatic heterocycles. The zero-order valence-electron chi connectivity index (χ0n) is 12.9. The van der Waals surface area contributed by atoms with Gasteiger partial charge in [-0.2, -0.15) is 0 Å². The first-order valence-corrected chi connectivity index (χ1v) is 7.51. The second-order valence-corrected chi connectivity index (χ2v) is 6.09. The van der Waals surface area contributed by atoms with Crippen molar-refractivity contribution in [3.05, 3.63) is 23.2 Å². The number of hydrogen-bond donors (Lipinski definition) is 1. The molecule has 1 aromatic rings. The molecule has 1 aromatic heterocycles. The standard InChI is InChI=1S/C16H23NO4/c1-10(2)12-6-4-5-7-17(12)16(20)15-11(3)9-21-13(15)8-14(18)19/h9-10,12H,4-8H2,1-3H3,(H,18,19). The van der Waals surface area contributed by atoms with E-state index in [1.165, 1.54) is 6.26 Å². The summed E-state index contributed by atoms with van der Waals surface area (Å²) in [6.07, 6.45) is 4.36. The van der Waals surface area contributed by atoms with E-state index in [4.69, 9.17) is 9.52 Å². The van der Waals surface area contributed by atoms with Gasteiger partial charge in [-0.25, -0.2) is 0 Å². The maximum absolute atomic E-state index is 12.9. The van der Waals surface area contributed by atoms with Crippen LogP contribution in [-0.4, -0.2) is 34.5 Å². The monoisotopic (exact) mass is 293 g/mol. The van der Waals surface area contributed by atoms with Crippen molar-refractivity contribution in [3.63, 3.8) is 0 Å². The fraction of sp³-hybridized carbons (Fsp3) is 0.625. The van der Waals surface area contributed by atoms with E-state index in [1.807, 2.05) is 4.90 Å². The number of carboxylic acid groups (broad SMARTS) is 1. The Morgan fingerprint density at radius 2 is 2.14 bits per heavy atom. The molecule has 1 aliphatic rings. The summed E-state index contributed by atoms with van der Waals surface area (Å²) in [6.45, 7) is 6.77. The summed E-state index contributed by atoms with van der Waals surface area (Å²) in [5.74, 6) is -0.421. The number of nitrogens with zero attached hydrogens (tertiary/aromatic N) is 1. The average molecular weight is 293 g/mol. The molecule has 0 radical (unpaired) electrons. The zero-order chi connectivity index (χ0) is 15.6. The van der Waals surface area contributed by atoms with Gasteiger partial charge in [0.05, 0.1) is 11.8 Å². The number of likely N-dealkylation sites (tertiary alicyclic amines) is 1. The summed E-state index contributed by atoms with van der Waals surface area (Å²) >= 11 is 0. The molecule has 2 rings (SSSR count). The smallest absolute Gasteiger partial charge is 0.311 e. The number of amides is 1. The van der Waals surface area contributed by atoms with Crippen LogP contribution in [0.2, 0.25) is 0 Å². The Morgan fingerprint density at radius 1 is 1.43 bits per heavy atom. The fourth-order valence-corrected chi connectivity index (χ4v) is 3.10. The molecule has 1 unspecified atom stereocenters. The highest BCUT2D eigenvalue weighted by atomic mass is 16.4. The third kappa shape index (κ3) is 3.28. The van der Waals surface area contributed by atoms with E-state index in [0.29, 0.717) is 17.0 Å². The fourth-order valence-electron chi connectivity index (χ4n) is 3.10. The molecular formula is C16H23NO4. The summed E-state index contributed by atoms with van der Waals surface area (Å²) in [7, 11) is 0. The number of carbonyl (C=O) groups excluding carboxylic acids is 1. The topological polar surface area (TPSA) is 70.7 Å². The molecule has 0 saturated carbocycles. The number of hydrogen-bond acceptors (Lipinski definition) is 3. The molecule has 116 valence electrons. The van der Waals surface area contributed by atoms with Crippen LogP contribution in [0, 0.1) is 12.8 Å². The molecule has 5 nitrogen and oxygen atoms in total. The normalized spacial score (nSPS) is 19.0. The van der Waals surface area contributed by atoms with Gasteiger partial charge in [0.15, 0.2) is 0 Å². The maximum atomic E-state index is 12.9. The van der Waals surface area contributed by atoms with Gasteiger partial charge in [0.2, 0.25) is 0 Å². The van der Waals surface area contributed by atoms with Gasteiger partial charge in [-0.1, -0.05) is 13.8 Å². The second kappa shape index (κ2) is 6.33. The third-order valence-electron chi connectivity index (χ3n) is 4.16. The van der Waals surface area contributed by atoms with E-state index in [9.17, 15) is 9.59 Å². The van der Waals surface area contributed by atoms with Crippen molar-refractivity contribution in [3.8, 4) is 0 Å². The van der Waals surface area contributed by atoms with E-state index in [1.54, 1.807) is 6.92 Å². The van der Waals surface area contributed by atoms with E-state index >= 15 is 0 Å². The van der Waals surface area contributed by atoms with Crippen LogP contribution < -0.4 is 0 Å². The highest BCUT2D eigenvalue weighted by Crippen LogP contribution is 2.27. The van der Waals surface area contributed by atoms with Crippen molar-refractivity contribution in [2.45, 2.75) is 52.5 Å². The van der Waals surface area contributed by atoms with Crippen molar-refractivity contribution >= 4 is 11.9 Å². The molecule has 1 amide bonds. The lowest BCUT2D eigenvalue weighted by Crippen LogP contribution is -2.46. The van der Waals surface area contributed by atoms with Gasteiger partial charge in [-0.05, 0) is 32.1 Å². The lowest BCUT2D eigenvalue weighted by atomic mass is 9.91. The van der Waals surface area contributed by atoms with Crippen molar-refractivity contribution in [2.75, 3.05) is 6.54 Å². The number of carboxylic acids is 1. The van der Waals surface area contributed by atoms with Crippen LogP contribution in [-0.2, 0) is 11.2 Å². The third-order valence-corrected chi connectivity index (χ3v) is 4.16. The van der Waals surface area contributed by atoms with Gasteiger partial charge in [0.25, 0.3) is 5.91 Å². The van der Waals surface area contributed by atoms with Gasteiger partial charge >= 0.3 is 5.97 Å². The van der Waals surface area contributed by atoms with Gasteiger partial charge in [-0.3, -0.25) is 9.59 Å². The number of furan rings is 1. The lowest BCUT2D eigenvalue weighted by molar-refractivity contribution is -0.136. The van der Waals surface area contributed by atoms with Crippen LogP contribution in [0.25, 0.3) is 0 Å². The van der Waals surface area contributed by atoms with Crippen LogP contribution in [0.15, 0.2) is 10.7 Å². The van der Waals surface area contributed by atoms with E-state index in [-0.39, 0.29) is 24.1 Å². The van der Waals surface area contributed by atoms with Crippen LogP contribution >= 0.6 is 0 Å². The molecule has 0 aliphatic carbocycles. The molecule has 0 aromatic carbocycles. The molecule has 21 heavy (non-hydrogen) atoms. The number of carbonyl (C=O) groups is 2. The minimum Gasteiger partial charge on any atom is -0.481 e. The summed E-state index contributed by atoms with van der Waals surface area (Å²) in [5.41, 5.74) is 1.15. The first kappa shape index (κ1) is 15.6. The number of rotatable bonds is 4. The van der Waals surface area contributed by atoms with Gasteiger partial charge < -0.3 is 14.4 Å². The van der Waals surface area contributed by atoms with Crippen LogP contribution in [0.5, 0.6) is 0 Å². The first-order chi connectivity index (χ1) is 9.91. The van der Waals surface area contributed by atoms with Crippen LogP contribution in [0.1, 0.15) is 54.8 Å². The Labute approximate surface area is 124 Å². The minimum absolute atomic E-state index is 0.0871. The quantitative estimate of drug-likeness (QED) is 0.926. The largest absolute Gasteiger partial charge is 0.481 e. The molecule has 0 spiro atoms. The summed E-state index contributed by atoms with van der Waals surface area (Å²) in [6, 6.07) is 0.221. The first-order valence-electron chi connectivity index (χ1n) is 7.51. The van der Waals surface area contributed by atoms with Gasteiger partial charge in [-0.15, -0.1) is 0 Å². The Hall–Kier alpha value is -1.78. The molecule has 1 fully saturated rings. The van der Waals surface area contributed by atoms with Gasteiger partial charge in [0.1, 0.15) is 12.2 Å². The highest BCUT2D eigenvalue weighted by molar-refractivity contribution is 5.97. The number of aliphatic carboxylic acids is 1. The molecule has 2 heterocycles.